The zero-order chi connectivity index (χ0) is 17.1. The summed E-state index contributed by atoms with van der Waals surface area (Å²) in [6, 6.07) is 3.07. The van der Waals surface area contributed by atoms with Crippen molar-refractivity contribution in [2.24, 2.45) is 0 Å². The van der Waals surface area contributed by atoms with Crippen LogP contribution in [0, 0.1) is 6.92 Å². The summed E-state index contributed by atoms with van der Waals surface area (Å²) in [5.74, 6) is 0. The molecule has 0 aromatic heterocycles. The van der Waals surface area contributed by atoms with Crippen molar-refractivity contribution in [2.45, 2.75) is 89.6 Å². The van der Waals surface area contributed by atoms with Gasteiger partial charge in [-0.15, -0.1) is 0 Å². The van der Waals surface area contributed by atoms with Crippen LogP contribution in [-0.2, 0) is 0 Å². The van der Waals surface area contributed by atoms with Crippen molar-refractivity contribution in [1.82, 2.24) is 9.55 Å². The van der Waals surface area contributed by atoms with Gasteiger partial charge < -0.3 is 9.55 Å². The lowest BCUT2D eigenvalue weighted by Crippen LogP contribution is -2.66. The van der Waals surface area contributed by atoms with Crippen molar-refractivity contribution in [3.63, 3.8) is 0 Å². The van der Waals surface area contributed by atoms with Gasteiger partial charge in [-0.25, -0.2) is 0 Å². The highest BCUT2D eigenvalue weighted by Gasteiger charge is 2.61. The van der Waals surface area contributed by atoms with E-state index < -0.39 is 16.5 Å². The molecule has 1 N–H and O–H groups in total. The van der Waals surface area contributed by atoms with Crippen LogP contribution in [0.25, 0.3) is 0 Å². The molecule has 0 saturated carbocycles. The van der Waals surface area contributed by atoms with Crippen LogP contribution >= 0.6 is 0 Å². The summed E-state index contributed by atoms with van der Waals surface area (Å²) in [5.41, 5.74) is 3.44. The molecule has 0 aliphatic carbocycles. The first kappa shape index (κ1) is 20.4. The quantitative estimate of drug-likeness (QED) is 0.479. The van der Waals surface area contributed by atoms with Crippen LogP contribution < -0.4 is 5.32 Å². The SMILES string of the molecule is [CH2]CNCCN1[Si](C(C)C)(C(C)C)CC[Si]1(C(C)C)C(C)C. The topological polar surface area (TPSA) is 15.3 Å². The van der Waals surface area contributed by atoms with Crippen LogP contribution in [0.1, 0.15) is 55.4 Å². The summed E-state index contributed by atoms with van der Waals surface area (Å²) in [7, 11) is -2.79. The van der Waals surface area contributed by atoms with Crippen molar-refractivity contribution in [3.05, 3.63) is 6.92 Å². The molecular formula is C18H41N2Si2. The maximum Gasteiger partial charge on any atom is 0.126 e. The lowest BCUT2D eigenvalue weighted by atomic mass is 10.5. The van der Waals surface area contributed by atoms with Gasteiger partial charge in [0.1, 0.15) is 16.5 Å². The van der Waals surface area contributed by atoms with Crippen molar-refractivity contribution in [3.8, 4) is 0 Å². The zero-order valence-corrected chi connectivity index (χ0v) is 18.5. The molecule has 0 aromatic rings. The highest BCUT2D eigenvalue weighted by Crippen LogP contribution is 2.55. The van der Waals surface area contributed by atoms with Crippen LogP contribution in [-0.4, -0.2) is 40.3 Å². The van der Waals surface area contributed by atoms with E-state index in [1.807, 2.05) is 0 Å². The van der Waals surface area contributed by atoms with Gasteiger partial charge in [0.05, 0.1) is 0 Å². The van der Waals surface area contributed by atoms with E-state index in [2.05, 4.69) is 71.9 Å². The third-order valence-corrected chi connectivity index (χ3v) is 22.2. The summed E-state index contributed by atoms with van der Waals surface area (Å²) in [6.45, 7) is 27.3. The van der Waals surface area contributed by atoms with Gasteiger partial charge in [0.25, 0.3) is 0 Å². The molecular weight excluding hydrogens is 300 g/mol. The minimum Gasteiger partial charge on any atom is -0.343 e. The average molecular weight is 342 g/mol. The molecule has 0 unspecified atom stereocenters. The van der Waals surface area contributed by atoms with E-state index >= 15 is 0 Å². The van der Waals surface area contributed by atoms with Crippen LogP contribution in [0.3, 0.4) is 0 Å². The molecule has 1 aliphatic rings. The molecule has 0 bridgehead atoms. The third-order valence-electron chi connectivity index (χ3n) is 6.62. The Bertz CT molecular complexity index is 296. The van der Waals surface area contributed by atoms with Gasteiger partial charge in [0.2, 0.25) is 0 Å². The maximum atomic E-state index is 3.96. The minimum atomic E-state index is -1.39. The molecule has 0 amide bonds. The summed E-state index contributed by atoms with van der Waals surface area (Å²) < 4.78 is 3.20. The smallest absolute Gasteiger partial charge is 0.126 e. The number of hydrogen-bond acceptors (Lipinski definition) is 2. The second kappa shape index (κ2) is 7.95. The van der Waals surface area contributed by atoms with E-state index in [0.29, 0.717) is 0 Å². The summed E-state index contributed by atoms with van der Waals surface area (Å²) in [5, 5.41) is 3.50. The first-order valence-electron chi connectivity index (χ1n) is 9.45. The maximum absolute atomic E-state index is 3.96. The Morgan fingerprint density at radius 3 is 1.45 bits per heavy atom. The molecule has 4 heteroatoms. The van der Waals surface area contributed by atoms with Crippen molar-refractivity contribution in [1.29, 1.82) is 0 Å². The van der Waals surface area contributed by atoms with Crippen molar-refractivity contribution in [2.75, 3.05) is 19.6 Å². The fourth-order valence-corrected chi connectivity index (χ4v) is 24.7. The van der Waals surface area contributed by atoms with E-state index in [1.54, 1.807) is 0 Å². The molecule has 1 radical (unpaired) electrons. The predicted molar refractivity (Wildman–Crippen MR) is 106 cm³/mol. The van der Waals surface area contributed by atoms with Crippen LogP contribution in [0.5, 0.6) is 0 Å². The second-order valence-electron chi connectivity index (χ2n) is 8.50. The van der Waals surface area contributed by atoms with Crippen molar-refractivity contribution >= 4 is 16.5 Å². The molecule has 0 aromatic carbocycles. The average Bonchev–Trinajstić information content (AvgIpc) is 2.76. The number of rotatable bonds is 8. The highest BCUT2D eigenvalue weighted by atomic mass is 28.4. The first-order chi connectivity index (χ1) is 10.2. The van der Waals surface area contributed by atoms with Crippen LogP contribution in [0.4, 0.5) is 0 Å². The minimum absolute atomic E-state index is 0.851. The Labute approximate surface area is 142 Å². The van der Waals surface area contributed by atoms with Gasteiger partial charge in [-0.3, -0.25) is 0 Å². The highest BCUT2D eigenvalue weighted by molar-refractivity contribution is 6.99. The number of nitrogens with zero attached hydrogens (tertiary/aromatic N) is 1. The zero-order valence-electron chi connectivity index (χ0n) is 16.5. The lowest BCUT2D eigenvalue weighted by molar-refractivity contribution is 0.529. The van der Waals surface area contributed by atoms with E-state index in [4.69, 9.17) is 0 Å². The van der Waals surface area contributed by atoms with Gasteiger partial charge in [-0.05, 0) is 54.3 Å². The Morgan fingerprint density at radius 2 is 1.18 bits per heavy atom. The molecule has 1 fully saturated rings. The van der Waals surface area contributed by atoms with E-state index in [9.17, 15) is 0 Å². The normalized spacial score (nSPS) is 21.7. The summed E-state index contributed by atoms with van der Waals surface area (Å²) in [4.78, 5) is 0. The van der Waals surface area contributed by atoms with Crippen LogP contribution in [0.15, 0.2) is 0 Å². The molecule has 2 nitrogen and oxygen atoms in total. The lowest BCUT2D eigenvalue weighted by Gasteiger charge is -2.53. The molecule has 1 heterocycles. The van der Waals surface area contributed by atoms with E-state index in [1.165, 1.54) is 18.6 Å². The standard InChI is InChI=1S/C18H41N2Si2/c1-10-19-11-12-20-21(15(2)3,16(4)5)13-14-22(20,17(6)7)18(8)9/h15-19H,1,10-14H2,2-9H3. The van der Waals surface area contributed by atoms with Gasteiger partial charge in [-0.2, -0.15) is 0 Å². The number of hydrogen-bond donors (Lipinski definition) is 1. The van der Waals surface area contributed by atoms with Gasteiger partial charge in [-0.1, -0.05) is 55.4 Å². The van der Waals surface area contributed by atoms with E-state index in [-0.39, 0.29) is 0 Å². The molecule has 1 rings (SSSR count). The third kappa shape index (κ3) is 3.26. The largest absolute Gasteiger partial charge is 0.343 e. The predicted octanol–water partition coefficient (Wildman–Crippen LogP) is 5.26. The monoisotopic (exact) mass is 341 g/mol. The van der Waals surface area contributed by atoms with Gasteiger partial charge >= 0.3 is 0 Å². The number of nitrogens with one attached hydrogen (secondary N) is 1. The first-order valence-corrected chi connectivity index (χ1v) is 14.1. The molecule has 22 heavy (non-hydrogen) atoms. The van der Waals surface area contributed by atoms with Gasteiger partial charge in [0, 0.05) is 6.54 Å². The Morgan fingerprint density at radius 1 is 0.818 bits per heavy atom. The fourth-order valence-electron chi connectivity index (χ4n) is 5.52. The second-order valence-corrected chi connectivity index (χ2v) is 19.6. The fraction of sp³-hybridized carbons (Fsp3) is 0.944. The van der Waals surface area contributed by atoms with Crippen LogP contribution in [0.2, 0.25) is 34.3 Å². The van der Waals surface area contributed by atoms with E-state index in [0.717, 1.165) is 35.3 Å². The molecule has 0 spiro atoms. The Balaban J connectivity index is 3.29. The van der Waals surface area contributed by atoms with Crippen molar-refractivity contribution < 1.29 is 0 Å². The summed E-state index contributed by atoms with van der Waals surface area (Å²) in [6.07, 6.45) is 0. The van der Waals surface area contributed by atoms with Gasteiger partial charge in [0.15, 0.2) is 0 Å². The Kier molecular flexibility index (Phi) is 7.37. The molecule has 0 atom stereocenters. The molecule has 1 saturated heterocycles. The molecule has 1 aliphatic heterocycles. The molecule has 131 valence electrons. The Hall–Kier alpha value is 0.354. The summed E-state index contributed by atoms with van der Waals surface area (Å²) >= 11 is 0.